The summed E-state index contributed by atoms with van der Waals surface area (Å²) in [6, 6.07) is 13.3. The molecule has 0 spiro atoms. The van der Waals surface area contributed by atoms with Gasteiger partial charge in [0.15, 0.2) is 0 Å². The molecule has 2 aromatic rings. The fourth-order valence-corrected chi connectivity index (χ4v) is 3.17. The number of methoxy groups -OCH3 is 2. The van der Waals surface area contributed by atoms with Gasteiger partial charge >= 0.3 is 5.97 Å². The molecule has 1 N–H and O–H groups in total. The molecule has 1 unspecified atom stereocenters. The molecular weight excluding hydrogens is 312 g/mol. The number of carboxylic acids is 1. The van der Waals surface area contributed by atoms with E-state index in [4.69, 9.17) is 9.47 Å². The van der Waals surface area contributed by atoms with Gasteiger partial charge in [-0.05, 0) is 37.1 Å². The first-order chi connectivity index (χ1) is 11.0. The Morgan fingerprint density at radius 3 is 2.39 bits per heavy atom. The monoisotopic (exact) mass is 332 g/mol. The quantitative estimate of drug-likeness (QED) is 0.782. The van der Waals surface area contributed by atoms with Crippen molar-refractivity contribution in [3.63, 3.8) is 0 Å². The molecule has 0 saturated carbocycles. The molecule has 5 heteroatoms. The molecule has 0 radical (unpaired) electrons. The Kier molecular flexibility index (Phi) is 5.93. The zero-order valence-electron chi connectivity index (χ0n) is 13.4. The van der Waals surface area contributed by atoms with Crippen LogP contribution in [0.4, 0.5) is 0 Å². The lowest BCUT2D eigenvalue weighted by Gasteiger charge is -2.15. The lowest BCUT2D eigenvalue weighted by atomic mass is 10.1. The van der Waals surface area contributed by atoms with E-state index in [2.05, 4.69) is 0 Å². The summed E-state index contributed by atoms with van der Waals surface area (Å²) in [7, 11) is 3.16. The summed E-state index contributed by atoms with van der Waals surface area (Å²) in [5, 5.41) is 8.95. The molecule has 0 bridgehead atoms. The van der Waals surface area contributed by atoms with Crippen LogP contribution >= 0.6 is 11.8 Å². The van der Waals surface area contributed by atoms with Crippen molar-refractivity contribution in [1.29, 1.82) is 0 Å². The second-order valence-electron chi connectivity index (χ2n) is 5.14. The molecule has 0 aliphatic rings. The zero-order valence-corrected chi connectivity index (χ0v) is 14.2. The highest BCUT2D eigenvalue weighted by atomic mass is 32.2. The van der Waals surface area contributed by atoms with Gasteiger partial charge in [-0.2, -0.15) is 0 Å². The maximum atomic E-state index is 11.6. The lowest BCUT2D eigenvalue weighted by Crippen LogP contribution is -2.19. The average Bonchev–Trinajstić information content (AvgIpc) is 2.56. The fraction of sp³-hybridized carbons (Fsp3) is 0.278. The SMILES string of the molecule is COc1ccc(CC(Sc2ccc(C)cc2)C(=O)O)c(OC)c1. The third kappa shape index (κ3) is 4.66. The molecular formula is C18H20O4S. The van der Waals surface area contributed by atoms with E-state index in [0.717, 1.165) is 16.0 Å². The summed E-state index contributed by atoms with van der Waals surface area (Å²) in [6.45, 7) is 2.01. The van der Waals surface area contributed by atoms with E-state index in [1.54, 1.807) is 20.3 Å². The van der Waals surface area contributed by atoms with Crippen LogP contribution in [0.2, 0.25) is 0 Å². The molecule has 0 heterocycles. The number of benzene rings is 2. The number of hydrogen-bond acceptors (Lipinski definition) is 4. The van der Waals surface area contributed by atoms with E-state index in [1.165, 1.54) is 11.8 Å². The number of aryl methyl sites for hydroxylation is 1. The fourth-order valence-electron chi connectivity index (χ4n) is 2.18. The number of thioether (sulfide) groups is 1. The van der Waals surface area contributed by atoms with Crippen LogP contribution in [0.25, 0.3) is 0 Å². The second-order valence-corrected chi connectivity index (χ2v) is 6.42. The molecule has 0 aromatic heterocycles. The summed E-state index contributed by atoms with van der Waals surface area (Å²) in [5.41, 5.74) is 2.00. The molecule has 0 saturated heterocycles. The van der Waals surface area contributed by atoms with Crippen molar-refractivity contribution in [2.24, 2.45) is 0 Å². The molecule has 1 atom stereocenters. The van der Waals surface area contributed by atoms with Crippen LogP contribution < -0.4 is 9.47 Å². The predicted octanol–water partition coefficient (Wildman–Crippen LogP) is 3.80. The van der Waals surface area contributed by atoms with Gasteiger partial charge in [0.1, 0.15) is 16.7 Å². The smallest absolute Gasteiger partial charge is 0.317 e. The van der Waals surface area contributed by atoms with Crippen LogP contribution in [0.15, 0.2) is 47.4 Å². The number of hydrogen-bond donors (Lipinski definition) is 1. The second kappa shape index (κ2) is 7.92. The van der Waals surface area contributed by atoms with E-state index in [-0.39, 0.29) is 0 Å². The molecule has 0 amide bonds. The highest BCUT2D eigenvalue weighted by molar-refractivity contribution is 8.00. The van der Waals surface area contributed by atoms with Crippen molar-refractivity contribution >= 4 is 17.7 Å². The van der Waals surface area contributed by atoms with E-state index in [1.807, 2.05) is 43.3 Å². The molecule has 0 aliphatic carbocycles. The van der Waals surface area contributed by atoms with Gasteiger partial charge in [0, 0.05) is 11.0 Å². The Balaban J connectivity index is 2.19. The van der Waals surface area contributed by atoms with Gasteiger partial charge in [-0.15, -0.1) is 11.8 Å². The minimum atomic E-state index is -0.839. The van der Waals surface area contributed by atoms with Crippen LogP contribution in [-0.2, 0) is 11.2 Å². The molecule has 0 aliphatic heterocycles. The number of carboxylic acid groups (broad SMARTS) is 1. The molecule has 23 heavy (non-hydrogen) atoms. The Labute approximate surface area is 140 Å². The Hall–Kier alpha value is -2.14. The first kappa shape index (κ1) is 17.2. The van der Waals surface area contributed by atoms with E-state index in [0.29, 0.717) is 17.9 Å². The molecule has 0 fully saturated rings. The van der Waals surface area contributed by atoms with Gasteiger partial charge in [0.25, 0.3) is 0 Å². The largest absolute Gasteiger partial charge is 0.497 e. The minimum absolute atomic E-state index is 0.376. The summed E-state index contributed by atoms with van der Waals surface area (Å²) in [5.74, 6) is 0.484. The topological polar surface area (TPSA) is 55.8 Å². The number of aliphatic carboxylic acids is 1. The molecule has 2 aromatic carbocycles. The number of ether oxygens (including phenoxy) is 2. The normalized spacial score (nSPS) is 11.8. The summed E-state index contributed by atoms with van der Waals surface area (Å²) >= 11 is 1.34. The Bertz CT molecular complexity index is 667. The summed E-state index contributed by atoms with van der Waals surface area (Å²) in [6.07, 6.45) is 0.376. The first-order valence-corrected chi connectivity index (χ1v) is 8.08. The maximum Gasteiger partial charge on any atom is 0.317 e. The average molecular weight is 332 g/mol. The first-order valence-electron chi connectivity index (χ1n) is 7.20. The van der Waals surface area contributed by atoms with Crippen LogP contribution in [0, 0.1) is 6.92 Å². The van der Waals surface area contributed by atoms with Crippen molar-refractivity contribution in [1.82, 2.24) is 0 Å². The summed E-state index contributed by atoms with van der Waals surface area (Å²) in [4.78, 5) is 12.6. The van der Waals surface area contributed by atoms with Crippen LogP contribution in [0.1, 0.15) is 11.1 Å². The van der Waals surface area contributed by atoms with Crippen molar-refractivity contribution in [2.45, 2.75) is 23.5 Å². The van der Waals surface area contributed by atoms with Gasteiger partial charge in [0.05, 0.1) is 14.2 Å². The zero-order chi connectivity index (χ0) is 16.8. The summed E-state index contributed by atoms with van der Waals surface area (Å²) < 4.78 is 10.5. The van der Waals surface area contributed by atoms with E-state index in [9.17, 15) is 9.90 Å². The standard InChI is InChI=1S/C18H20O4S/c1-12-4-8-15(9-5-12)23-17(18(19)20)10-13-6-7-14(21-2)11-16(13)22-3/h4-9,11,17H,10H2,1-3H3,(H,19,20). The predicted molar refractivity (Wildman–Crippen MR) is 91.7 cm³/mol. The number of carbonyl (C=O) groups is 1. The van der Waals surface area contributed by atoms with E-state index < -0.39 is 11.2 Å². The lowest BCUT2D eigenvalue weighted by molar-refractivity contribution is -0.136. The van der Waals surface area contributed by atoms with Gasteiger partial charge in [-0.3, -0.25) is 4.79 Å². The molecule has 122 valence electrons. The van der Waals surface area contributed by atoms with E-state index >= 15 is 0 Å². The Morgan fingerprint density at radius 2 is 1.83 bits per heavy atom. The van der Waals surface area contributed by atoms with Gasteiger partial charge in [-0.25, -0.2) is 0 Å². The molecule has 2 rings (SSSR count). The van der Waals surface area contributed by atoms with Gasteiger partial charge in [-0.1, -0.05) is 23.8 Å². The highest BCUT2D eigenvalue weighted by Gasteiger charge is 2.21. The van der Waals surface area contributed by atoms with Crippen LogP contribution in [0.3, 0.4) is 0 Å². The van der Waals surface area contributed by atoms with Crippen molar-refractivity contribution in [3.8, 4) is 11.5 Å². The maximum absolute atomic E-state index is 11.6. The van der Waals surface area contributed by atoms with Crippen molar-refractivity contribution < 1.29 is 19.4 Å². The van der Waals surface area contributed by atoms with Gasteiger partial charge < -0.3 is 14.6 Å². The third-order valence-electron chi connectivity index (χ3n) is 3.47. The van der Waals surface area contributed by atoms with Gasteiger partial charge in [0.2, 0.25) is 0 Å². The van der Waals surface area contributed by atoms with Crippen molar-refractivity contribution in [3.05, 3.63) is 53.6 Å². The Morgan fingerprint density at radius 1 is 1.13 bits per heavy atom. The molecule has 4 nitrogen and oxygen atoms in total. The number of rotatable bonds is 7. The minimum Gasteiger partial charge on any atom is -0.497 e. The van der Waals surface area contributed by atoms with Crippen LogP contribution in [-0.4, -0.2) is 30.5 Å². The third-order valence-corrected chi connectivity index (χ3v) is 4.67. The van der Waals surface area contributed by atoms with Crippen molar-refractivity contribution in [2.75, 3.05) is 14.2 Å². The van der Waals surface area contributed by atoms with Crippen LogP contribution in [0.5, 0.6) is 11.5 Å². The highest BCUT2D eigenvalue weighted by Crippen LogP contribution is 2.31.